The third kappa shape index (κ3) is 1.83. The molecule has 0 aliphatic heterocycles. The van der Waals surface area contributed by atoms with Gasteiger partial charge in [0.25, 0.3) is 6.08 Å². The summed E-state index contributed by atoms with van der Waals surface area (Å²) in [5.41, 5.74) is 6.66. The quantitative estimate of drug-likeness (QED) is 0.728. The molecule has 1 heterocycles. The van der Waals surface area contributed by atoms with Gasteiger partial charge in [-0.1, -0.05) is 0 Å². The van der Waals surface area contributed by atoms with Gasteiger partial charge in [-0.05, 0) is 25.5 Å². The molecule has 4 heteroatoms. The Morgan fingerprint density at radius 2 is 2.08 bits per heavy atom. The molecule has 1 aromatic rings. The van der Waals surface area contributed by atoms with Crippen LogP contribution in [0.15, 0.2) is 18.3 Å². The molecular formula is C9H10F2N2. The van der Waals surface area contributed by atoms with E-state index < -0.39 is 6.08 Å². The maximum Gasteiger partial charge on any atom is 0.275 e. The van der Waals surface area contributed by atoms with Crippen LogP contribution < -0.4 is 5.73 Å². The lowest BCUT2D eigenvalue weighted by atomic mass is 10.1. The Bertz CT molecular complexity index is 355. The Kier molecular flexibility index (Phi) is 2.60. The lowest BCUT2D eigenvalue weighted by Gasteiger charge is -2.05. The monoisotopic (exact) mass is 184 g/mol. The largest absolute Gasteiger partial charge is 0.397 e. The van der Waals surface area contributed by atoms with E-state index in [0.29, 0.717) is 5.69 Å². The van der Waals surface area contributed by atoms with Crippen molar-refractivity contribution < 1.29 is 8.78 Å². The molecule has 0 aromatic carbocycles. The van der Waals surface area contributed by atoms with Crippen LogP contribution in [0.25, 0.3) is 5.57 Å². The minimum Gasteiger partial charge on any atom is -0.397 e. The van der Waals surface area contributed by atoms with Crippen molar-refractivity contribution >= 4 is 11.3 Å². The minimum absolute atomic E-state index is 0.166. The number of hydrogen-bond acceptors (Lipinski definition) is 2. The fraction of sp³-hybridized carbons (Fsp3) is 0.222. The molecule has 70 valence electrons. The molecule has 0 atom stereocenters. The standard InChI is InChI=1S/C9H10F2N2/c1-5-3-4-13-8(7(5)12)6(2)9(10)11/h3-4H,12H2,1-2H3. The van der Waals surface area contributed by atoms with Crippen molar-refractivity contribution in [1.29, 1.82) is 0 Å². The predicted octanol–water partition coefficient (Wildman–Crippen LogP) is 2.60. The first-order valence-corrected chi connectivity index (χ1v) is 3.77. The van der Waals surface area contributed by atoms with Crippen LogP contribution >= 0.6 is 0 Å². The summed E-state index contributed by atoms with van der Waals surface area (Å²) in [6.07, 6.45) is -0.280. The maximum absolute atomic E-state index is 12.2. The van der Waals surface area contributed by atoms with E-state index in [-0.39, 0.29) is 11.3 Å². The third-order valence-corrected chi connectivity index (χ3v) is 1.85. The Labute approximate surface area is 75.1 Å². The number of halogens is 2. The van der Waals surface area contributed by atoms with E-state index in [9.17, 15) is 8.78 Å². The number of hydrogen-bond donors (Lipinski definition) is 1. The molecule has 1 rings (SSSR count). The van der Waals surface area contributed by atoms with Crippen LogP contribution in [0.4, 0.5) is 14.5 Å². The highest BCUT2D eigenvalue weighted by atomic mass is 19.3. The van der Waals surface area contributed by atoms with Gasteiger partial charge in [0.15, 0.2) is 0 Å². The van der Waals surface area contributed by atoms with Gasteiger partial charge in [-0.2, -0.15) is 8.78 Å². The van der Waals surface area contributed by atoms with Gasteiger partial charge in [0.1, 0.15) is 0 Å². The number of rotatable bonds is 1. The van der Waals surface area contributed by atoms with Crippen molar-refractivity contribution in [2.24, 2.45) is 0 Å². The minimum atomic E-state index is -1.75. The number of anilines is 1. The normalized spacial score (nSPS) is 9.85. The molecule has 0 spiro atoms. The molecule has 0 fully saturated rings. The van der Waals surface area contributed by atoms with E-state index in [1.165, 1.54) is 13.1 Å². The second-order valence-electron chi connectivity index (χ2n) is 2.78. The fourth-order valence-electron chi connectivity index (χ4n) is 0.958. The Morgan fingerprint density at radius 1 is 1.46 bits per heavy atom. The number of nitrogens with zero attached hydrogens (tertiary/aromatic N) is 1. The average Bonchev–Trinajstić information content (AvgIpc) is 2.08. The molecule has 0 aliphatic carbocycles. The summed E-state index contributed by atoms with van der Waals surface area (Å²) < 4.78 is 24.4. The van der Waals surface area contributed by atoms with E-state index in [4.69, 9.17) is 5.73 Å². The van der Waals surface area contributed by atoms with Crippen molar-refractivity contribution in [3.63, 3.8) is 0 Å². The first kappa shape index (κ1) is 9.64. The molecule has 0 saturated carbocycles. The number of aromatic nitrogens is 1. The van der Waals surface area contributed by atoms with Gasteiger partial charge in [0, 0.05) is 11.8 Å². The van der Waals surface area contributed by atoms with Crippen molar-refractivity contribution in [2.75, 3.05) is 5.73 Å². The van der Waals surface area contributed by atoms with Gasteiger partial charge >= 0.3 is 0 Å². The molecule has 0 bridgehead atoms. The summed E-state index contributed by atoms with van der Waals surface area (Å²) in [4.78, 5) is 3.80. The average molecular weight is 184 g/mol. The van der Waals surface area contributed by atoms with Crippen molar-refractivity contribution in [3.8, 4) is 0 Å². The highest BCUT2D eigenvalue weighted by molar-refractivity contribution is 5.72. The van der Waals surface area contributed by atoms with E-state index in [2.05, 4.69) is 4.98 Å². The summed E-state index contributed by atoms with van der Waals surface area (Å²) in [6.45, 7) is 3.05. The van der Waals surface area contributed by atoms with Crippen LogP contribution in [0.3, 0.4) is 0 Å². The zero-order valence-electron chi connectivity index (χ0n) is 7.44. The number of nitrogen functional groups attached to an aromatic ring is 1. The van der Waals surface area contributed by atoms with E-state index >= 15 is 0 Å². The van der Waals surface area contributed by atoms with Crippen LogP contribution in [0.5, 0.6) is 0 Å². The van der Waals surface area contributed by atoms with Crippen LogP contribution in [0, 0.1) is 6.92 Å². The predicted molar refractivity (Wildman–Crippen MR) is 48.2 cm³/mol. The van der Waals surface area contributed by atoms with Gasteiger partial charge in [-0.3, -0.25) is 4.98 Å². The van der Waals surface area contributed by atoms with E-state index in [1.54, 1.807) is 13.0 Å². The highest BCUT2D eigenvalue weighted by Gasteiger charge is 2.09. The SMILES string of the molecule is CC(=C(F)F)c1nccc(C)c1N. The zero-order chi connectivity index (χ0) is 10.0. The first-order chi connectivity index (χ1) is 6.04. The Hall–Kier alpha value is -1.45. The second kappa shape index (κ2) is 3.51. The number of aryl methyl sites for hydroxylation is 1. The van der Waals surface area contributed by atoms with Crippen LogP contribution in [-0.4, -0.2) is 4.98 Å². The summed E-state index contributed by atoms with van der Waals surface area (Å²) in [7, 11) is 0. The Morgan fingerprint density at radius 3 is 2.62 bits per heavy atom. The van der Waals surface area contributed by atoms with Gasteiger partial charge in [0.05, 0.1) is 11.4 Å². The smallest absolute Gasteiger partial charge is 0.275 e. The van der Waals surface area contributed by atoms with E-state index in [1.807, 2.05) is 0 Å². The van der Waals surface area contributed by atoms with E-state index in [0.717, 1.165) is 5.56 Å². The third-order valence-electron chi connectivity index (χ3n) is 1.85. The molecule has 0 radical (unpaired) electrons. The number of pyridine rings is 1. The molecule has 1 aromatic heterocycles. The van der Waals surface area contributed by atoms with Gasteiger partial charge < -0.3 is 5.73 Å². The molecule has 0 aliphatic rings. The maximum atomic E-state index is 12.2. The van der Waals surface area contributed by atoms with Gasteiger partial charge in [-0.25, -0.2) is 0 Å². The molecular weight excluding hydrogens is 174 g/mol. The molecule has 0 amide bonds. The molecule has 2 nitrogen and oxygen atoms in total. The highest BCUT2D eigenvalue weighted by Crippen LogP contribution is 2.24. The van der Waals surface area contributed by atoms with Crippen molar-refractivity contribution in [2.45, 2.75) is 13.8 Å². The van der Waals surface area contributed by atoms with Crippen LogP contribution in [0.1, 0.15) is 18.2 Å². The second-order valence-corrected chi connectivity index (χ2v) is 2.78. The van der Waals surface area contributed by atoms with Gasteiger partial charge in [0.2, 0.25) is 0 Å². The Balaban J connectivity index is 3.32. The number of nitrogens with two attached hydrogens (primary N) is 1. The van der Waals surface area contributed by atoms with Crippen LogP contribution in [0.2, 0.25) is 0 Å². The zero-order valence-corrected chi connectivity index (χ0v) is 7.44. The summed E-state index contributed by atoms with van der Waals surface area (Å²) in [6, 6.07) is 1.68. The molecule has 0 unspecified atom stereocenters. The van der Waals surface area contributed by atoms with Gasteiger partial charge in [-0.15, -0.1) is 0 Å². The molecule has 2 N–H and O–H groups in total. The topological polar surface area (TPSA) is 38.9 Å². The fourth-order valence-corrected chi connectivity index (χ4v) is 0.958. The summed E-state index contributed by atoms with van der Waals surface area (Å²) in [5, 5.41) is 0. The molecule has 13 heavy (non-hydrogen) atoms. The van der Waals surface area contributed by atoms with Crippen molar-refractivity contribution in [1.82, 2.24) is 4.98 Å². The lowest BCUT2D eigenvalue weighted by molar-refractivity contribution is 0.424. The summed E-state index contributed by atoms with van der Waals surface area (Å²) in [5.74, 6) is 0. The first-order valence-electron chi connectivity index (χ1n) is 3.77. The lowest BCUT2D eigenvalue weighted by Crippen LogP contribution is -1.98. The van der Waals surface area contributed by atoms with Crippen LogP contribution in [-0.2, 0) is 0 Å². The van der Waals surface area contributed by atoms with Crippen molar-refractivity contribution in [3.05, 3.63) is 29.6 Å². The number of allylic oxidation sites excluding steroid dienone is 1. The molecule has 0 saturated heterocycles. The summed E-state index contributed by atoms with van der Waals surface area (Å²) >= 11 is 0.